The van der Waals surface area contributed by atoms with E-state index in [1.807, 2.05) is 0 Å². The molecule has 0 aromatic rings. The third-order valence-corrected chi connectivity index (χ3v) is 5.47. The van der Waals surface area contributed by atoms with E-state index < -0.39 is 80.8 Å². The third-order valence-electron chi connectivity index (χ3n) is 4.58. The first-order chi connectivity index (χ1) is 17.0. The summed E-state index contributed by atoms with van der Waals surface area (Å²) < 4.78 is 356. The zero-order valence-corrected chi connectivity index (χ0v) is 22.0. The van der Waals surface area contributed by atoms with Gasteiger partial charge in [-0.3, -0.25) is 0 Å². The summed E-state index contributed by atoms with van der Waals surface area (Å²) in [5.74, 6) is -94.2. The summed E-state index contributed by atoms with van der Waals surface area (Å²) in [6.45, 7) is 0. The minimum absolute atomic E-state index is 0. The maximum atomic E-state index is 13.5. The smallest absolute Gasteiger partial charge is 0.743 e. The Morgan fingerprint density at radius 1 is 0.310 bits per heavy atom. The summed E-state index contributed by atoms with van der Waals surface area (Å²) in [7, 11) is -8.49. The molecule has 0 aromatic heterocycles. The van der Waals surface area contributed by atoms with Crippen molar-refractivity contribution < 1.29 is 174 Å². The minimum Gasteiger partial charge on any atom is -0.743 e. The van der Waals surface area contributed by atoms with Gasteiger partial charge in [-0.25, -0.2) is 8.42 Å². The second-order valence-electron chi connectivity index (χ2n) is 7.21. The molecule has 0 heterocycles. The zero-order valence-electron chi connectivity index (χ0n) is 18.1. The first-order valence-corrected chi connectivity index (χ1v) is 9.59. The first-order valence-electron chi connectivity index (χ1n) is 8.18. The number of halogens is 25. The van der Waals surface area contributed by atoms with Gasteiger partial charge in [0.05, 0.1) is 0 Å². The Balaban J connectivity index is 0. The van der Waals surface area contributed by atoms with Crippen molar-refractivity contribution in [2.45, 2.75) is 70.7 Å². The van der Waals surface area contributed by atoms with Crippen LogP contribution in [0.3, 0.4) is 0 Å². The number of rotatable bonds is 11. The Hall–Kier alpha value is -0.204. The molecule has 0 aliphatic heterocycles. The molecule has 0 rings (SSSR count). The second-order valence-corrected chi connectivity index (χ2v) is 8.63. The number of alkyl halides is 25. The van der Waals surface area contributed by atoms with Crippen molar-refractivity contribution in [1.82, 2.24) is 0 Å². The van der Waals surface area contributed by atoms with Crippen molar-refractivity contribution in [3.63, 3.8) is 0 Å². The molecule has 0 aliphatic carbocycles. The van der Waals surface area contributed by atoms with Crippen molar-refractivity contribution in [2.75, 3.05) is 0 Å². The van der Waals surface area contributed by atoms with Gasteiger partial charge in [-0.1, -0.05) is 0 Å². The normalized spacial score (nSPS) is 16.8. The fourth-order valence-electron chi connectivity index (χ4n) is 2.10. The molecule has 0 saturated carbocycles. The van der Waals surface area contributed by atoms with E-state index in [-0.39, 0.29) is 51.4 Å². The fourth-order valence-corrected chi connectivity index (χ4v) is 2.54. The van der Waals surface area contributed by atoms with Crippen molar-refractivity contribution in [2.24, 2.45) is 0 Å². The maximum absolute atomic E-state index is 13.5. The average Bonchev–Trinajstić information content (AvgIpc) is 2.70. The molecule has 0 radical (unpaired) electrons. The fraction of sp³-hybridized carbons (Fsp3) is 1.00. The first kappa shape index (κ1) is 43.9. The van der Waals surface area contributed by atoms with Gasteiger partial charge in [0, 0.05) is 0 Å². The average molecular weight is 738 g/mol. The van der Waals surface area contributed by atoms with Gasteiger partial charge in [0.2, 0.25) is 0 Å². The Morgan fingerprint density at radius 3 is 0.595 bits per heavy atom. The molecule has 0 spiro atoms. The molecule has 0 amide bonds. The van der Waals surface area contributed by atoms with Crippen LogP contribution in [0.1, 0.15) is 0 Å². The van der Waals surface area contributed by atoms with Gasteiger partial charge in [-0.05, 0) is 0 Å². The van der Waals surface area contributed by atoms with Crippen LogP contribution < -0.4 is 51.4 Å². The van der Waals surface area contributed by atoms with Gasteiger partial charge in [0.25, 0.3) is 0 Å². The molecule has 0 unspecified atom stereocenters. The summed E-state index contributed by atoms with van der Waals surface area (Å²) in [4.78, 5) is 0. The predicted molar refractivity (Wildman–Crippen MR) is 70.2 cm³/mol. The van der Waals surface area contributed by atoms with Gasteiger partial charge < -0.3 is 4.55 Å². The Morgan fingerprint density at radius 2 is 0.452 bits per heavy atom. The summed E-state index contributed by atoms with van der Waals surface area (Å²) in [6.07, 6.45) is -8.23. The van der Waals surface area contributed by atoms with Gasteiger partial charge in [-0.2, -0.15) is 110 Å². The molecule has 0 N–H and O–H groups in total. The van der Waals surface area contributed by atoms with E-state index in [1.165, 1.54) is 0 Å². The Labute approximate surface area is 253 Å². The van der Waals surface area contributed by atoms with Gasteiger partial charge in [0.1, 0.15) is 0 Å². The molecular weight excluding hydrogens is 738 g/mol. The predicted octanol–water partition coefficient (Wildman–Crippen LogP) is 4.04. The van der Waals surface area contributed by atoms with Crippen LogP contribution in [0.5, 0.6) is 0 Å². The Bertz CT molecular complexity index is 1100. The van der Waals surface area contributed by atoms with Crippen LogP contribution in [0, 0.1) is 0 Å². The van der Waals surface area contributed by atoms with E-state index in [0.717, 1.165) is 0 Å². The largest absolute Gasteiger partial charge is 1.00 e. The SMILES string of the molecule is O=S(=O)([O-])C(F)(F)C(F)(F)C(F)(F)C(F)(F)C(F)(F)C(F)(F)C(F)(F)C(F)(F)C(F)(F)C(F)(F)C(F)(F)C(F)(F)F.[K+]. The minimum atomic E-state index is -9.77. The second kappa shape index (κ2) is 10.7. The van der Waals surface area contributed by atoms with Crippen molar-refractivity contribution in [3.8, 4) is 0 Å². The maximum Gasteiger partial charge on any atom is 1.00 e. The molecular formula is C12F25KO3S. The molecule has 0 aromatic carbocycles. The van der Waals surface area contributed by atoms with Crippen LogP contribution in [-0.4, -0.2) is 83.6 Å². The van der Waals surface area contributed by atoms with Crippen molar-refractivity contribution in [3.05, 3.63) is 0 Å². The summed E-state index contributed by atoms with van der Waals surface area (Å²) in [5, 5.41) is -8.33. The van der Waals surface area contributed by atoms with Crippen molar-refractivity contribution >= 4 is 10.1 Å². The standard InChI is InChI=1S/C12HF25O3S.K/c13-1(14,3(17,18)5(21,22)7(25,26)9(29,30)11(33,34)35)2(15,16)4(19,20)6(23,24)8(27,28)10(31,32)12(36,37)41(38,39)40;/h(H,38,39,40);/q;+1/p-1. The van der Waals surface area contributed by atoms with Crippen LogP contribution in [0.25, 0.3) is 0 Å². The molecule has 0 saturated heterocycles. The molecule has 0 aliphatic rings. The van der Waals surface area contributed by atoms with E-state index in [0.29, 0.717) is 0 Å². The number of hydrogen-bond donors (Lipinski definition) is 0. The van der Waals surface area contributed by atoms with E-state index in [2.05, 4.69) is 0 Å². The molecule has 30 heteroatoms. The molecule has 0 bridgehead atoms. The monoisotopic (exact) mass is 738 g/mol. The number of hydrogen-bond acceptors (Lipinski definition) is 3. The molecule has 0 atom stereocenters. The molecule has 3 nitrogen and oxygen atoms in total. The summed E-state index contributed by atoms with van der Waals surface area (Å²) >= 11 is 0. The zero-order chi connectivity index (χ0) is 34.5. The van der Waals surface area contributed by atoms with E-state index in [9.17, 15) is 123 Å². The van der Waals surface area contributed by atoms with Gasteiger partial charge >= 0.3 is 122 Å². The third kappa shape index (κ3) is 5.15. The van der Waals surface area contributed by atoms with E-state index >= 15 is 0 Å². The summed E-state index contributed by atoms with van der Waals surface area (Å²) in [5.41, 5.74) is 0. The van der Waals surface area contributed by atoms with Gasteiger partial charge in [0.15, 0.2) is 10.1 Å². The van der Waals surface area contributed by atoms with Crippen LogP contribution in [0.15, 0.2) is 0 Å². The van der Waals surface area contributed by atoms with Gasteiger partial charge in [-0.15, -0.1) is 0 Å². The van der Waals surface area contributed by atoms with Crippen LogP contribution >= 0.6 is 0 Å². The van der Waals surface area contributed by atoms with E-state index in [1.54, 1.807) is 0 Å². The topological polar surface area (TPSA) is 57.2 Å². The van der Waals surface area contributed by atoms with Crippen molar-refractivity contribution in [1.29, 1.82) is 0 Å². The molecule has 248 valence electrons. The molecule has 0 fully saturated rings. The van der Waals surface area contributed by atoms with Crippen LogP contribution in [-0.2, 0) is 10.1 Å². The van der Waals surface area contributed by atoms with Crippen LogP contribution in [0.2, 0.25) is 0 Å². The molecule has 42 heavy (non-hydrogen) atoms. The Kier molecular flexibility index (Phi) is 11.2. The van der Waals surface area contributed by atoms with E-state index in [4.69, 9.17) is 0 Å². The summed E-state index contributed by atoms with van der Waals surface area (Å²) in [6, 6.07) is 0. The quantitative estimate of drug-likeness (QED) is 0.183. The van der Waals surface area contributed by atoms with Crippen LogP contribution in [0.4, 0.5) is 110 Å².